The van der Waals surface area contributed by atoms with E-state index in [-0.39, 0.29) is 12.5 Å². The number of primary amides is 1. The van der Waals surface area contributed by atoms with Crippen LogP contribution in [0, 0.1) is 0 Å². The second-order valence-corrected chi connectivity index (χ2v) is 7.27. The molecule has 0 bridgehead atoms. The van der Waals surface area contributed by atoms with Gasteiger partial charge in [-0.3, -0.25) is 14.9 Å². The maximum Gasteiger partial charge on any atom is 0.321 e. The topological polar surface area (TPSA) is 140 Å². The van der Waals surface area contributed by atoms with Crippen LogP contribution in [0.25, 0.3) is 0 Å². The van der Waals surface area contributed by atoms with Gasteiger partial charge in [-0.1, -0.05) is 42.6 Å². The lowest BCUT2D eigenvalue weighted by Crippen LogP contribution is -2.47. The molecule has 1 aromatic carbocycles. The molecule has 29 heavy (non-hydrogen) atoms. The second-order valence-electron chi connectivity index (χ2n) is 6.86. The summed E-state index contributed by atoms with van der Waals surface area (Å²) in [6.45, 7) is 1.35. The summed E-state index contributed by atoms with van der Waals surface area (Å²) in [5, 5.41) is 7.65. The molecule has 1 fully saturated rings. The van der Waals surface area contributed by atoms with E-state index >= 15 is 0 Å². The first kappa shape index (κ1) is 22.5. The lowest BCUT2D eigenvalue weighted by molar-refractivity contribution is -0.154. The van der Waals surface area contributed by atoms with Crippen molar-refractivity contribution in [1.29, 1.82) is 0 Å². The summed E-state index contributed by atoms with van der Waals surface area (Å²) in [7, 11) is 0. The Bertz CT molecular complexity index is 767. The van der Waals surface area contributed by atoms with E-state index in [9.17, 15) is 19.2 Å². The molecular formula is C19H25ClN4O5. The van der Waals surface area contributed by atoms with Crippen molar-refractivity contribution in [2.24, 2.45) is 5.73 Å². The number of esters is 1. The molecule has 9 nitrogen and oxygen atoms in total. The number of ether oxygens (including phenoxy) is 1. The highest BCUT2D eigenvalue weighted by Crippen LogP contribution is 2.25. The average molecular weight is 425 g/mol. The van der Waals surface area contributed by atoms with Crippen molar-refractivity contribution in [2.45, 2.75) is 57.2 Å². The molecule has 0 radical (unpaired) electrons. The van der Waals surface area contributed by atoms with E-state index in [1.165, 1.54) is 6.92 Å². The fourth-order valence-corrected chi connectivity index (χ4v) is 3.41. The zero-order valence-corrected chi connectivity index (χ0v) is 16.8. The molecule has 0 spiro atoms. The Morgan fingerprint density at radius 2 is 1.86 bits per heavy atom. The standard InChI is InChI=1S/C19H25ClN4O5/c1-11(17(26)24-19(28)22-12-6-2-3-7-12)29-16(25)10-15(23-18(21)27)13-8-4-5-9-14(13)20/h4-5,8-9,11-12,15H,2-3,6-7,10H2,1H3,(H3,21,23,27)(H2,22,24,26,28)/t11-,15-/m0/s1. The van der Waals surface area contributed by atoms with Crippen LogP contribution < -0.4 is 21.7 Å². The lowest BCUT2D eigenvalue weighted by atomic mass is 10.0. The van der Waals surface area contributed by atoms with Gasteiger partial charge < -0.3 is 21.1 Å². The SMILES string of the molecule is C[C@H](OC(=O)C[C@H](NC(N)=O)c1ccccc1Cl)C(=O)NC(=O)NC1CCCC1. The minimum absolute atomic E-state index is 0.0527. The van der Waals surface area contributed by atoms with E-state index in [0.29, 0.717) is 10.6 Å². The van der Waals surface area contributed by atoms with E-state index in [1.807, 2.05) is 0 Å². The van der Waals surface area contributed by atoms with Crippen LogP contribution in [0.15, 0.2) is 24.3 Å². The maximum absolute atomic E-state index is 12.3. The molecule has 0 heterocycles. The van der Waals surface area contributed by atoms with Crippen LogP contribution in [-0.2, 0) is 14.3 Å². The molecule has 0 aliphatic heterocycles. The fraction of sp³-hybridized carbons (Fsp3) is 0.474. The molecule has 5 amide bonds. The number of carbonyl (C=O) groups excluding carboxylic acids is 4. The van der Waals surface area contributed by atoms with E-state index < -0.39 is 36.1 Å². The number of imide groups is 1. The summed E-state index contributed by atoms with van der Waals surface area (Å²) in [6.07, 6.45) is 2.35. The van der Waals surface area contributed by atoms with Crippen molar-refractivity contribution >= 4 is 35.5 Å². The summed E-state index contributed by atoms with van der Waals surface area (Å²) in [5.41, 5.74) is 5.66. The summed E-state index contributed by atoms with van der Waals surface area (Å²) in [5.74, 6) is -1.51. The Labute approximate surface area is 173 Å². The third-order valence-corrected chi connectivity index (χ3v) is 4.92. The summed E-state index contributed by atoms with van der Waals surface area (Å²) >= 11 is 6.12. The number of halogens is 1. The van der Waals surface area contributed by atoms with Crippen LogP contribution in [0.3, 0.4) is 0 Å². The minimum atomic E-state index is -1.20. The molecule has 2 rings (SSSR count). The molecule has 158 valence electrons. The van der Waals surface area contributed by atoms with Gasteiger partial charge >= 0.3 is 18.0 Å². The van der Waals surface area contributed by atoms with Gasteiger partial charge in [0.1, 0.15) is 0 Å². The number of nitrogens with two attached hydrogens (primary N) is 1. The molecule has 2 atom stereocenters. The molecular weight excluding hydrogens is 400 g/mol. The van der Waals surface area contributed by atoms with Crippen LogP contribution in [0.4, 0.5) is 9.59 Å². The summed E-state index contributed by atoms with van der Waals surface area (Å²) < 4.78 is 5.09. The van der Waals surface area contributed by atoms with Gasteiger partial charge in [0, 0.05) is 11.1 Å². The van der Waals surface area contributed by atoms with Gasteiger partial charge in [-0.15, -0.1) is 0 Å². The minimum Gasteiger partial charge on any atom is -0.452 e. The van der Waals surface area contributed by atoms with Crippen molar-refractivity contribution in [2.75, 3.05) is 0 Å². The largest absolute Gasteiger partial charge is 0.452 e. The Balaban J connectivity index is 1.89. The van der Waals surface area contributed by atoms with E-state index in [2.05, 4.69) is 16.0 Å². The molecule has 0 aromatic heterocycles. The summed E-state index contributed by atoms with van der Waals surface area (Å²) in [6, 6.07) is 4.42. The normalized spacial score (nSPS) is 15.8. The van der Waals surface area contributed by atoms with Crippen molar-refractivity contribution in [1.82, 2.24) is 16.0 Å². The van der Waals surface area contributed by atoms with Gasteiger partial charge in [0.05, 0.1) is 12.5 Å². The van der Waals surface area contributed by atoms with Crippen LogP contribution in [0.5, 0.6) is 0 Å². The Hall–Kier alpha value is -2.81. The number of hydrogen-bond donors (Lipinski definition) is 4. The number of urea groups is 2. The number of carbonyl (C=O) groups is 4. The number of nitrogens with one attached hydrogen (secondary N) is 3. The first-order valence-corrected chi connectivity index (χ1v) is 9.75. The summed E-state index contributed by atoms with van der Waals surface area (Å²) in [4.78, 5) is 47.5. The quantitative estimate of drug-likeness (QED) is 0.496. The number of benzene rings is 1. The first-order chi connectivity index (χ1) is 13.8. The van der Waals surface area contributed by atoms with Crippen LogP contribution >= 0.6 is 11.6 Å². The number of amides is 5. The first-order valence-electron chi connectivity index (χ1n) is 9.37. The predicted molar refractivity (Wildman–Crippen MR) is 106 cm³/mol. The molecule has 1 saturated carbocycles. The van der Waals surface area contributed by atoms with E-state index in [4.69, 9.17) is 22.1 Å². The monoisotopic (exact) mass is 424 g/mol. The number of hydrogen-bond acceptors (Lipinski definition) is 5. The molecule has 10 heteroatoms. The van der Waals surface area contributed by atoms with Crippen molar-refractivity contribution in [3.8, 4) is 0 Å². The zero-order valence-electron chi connectivity index (χ0n) is 16.1. The molecule has 1 aliphatic rings. The maximum atomic E-state index is 12.3. The molecule has 1 aliphatic carbocycles. The molecule has 0 saturated heterocycles. The van der Waals surface area contributed by atoms with Crippen molar-refractivity contribution in [3.05, 3.63) is 34.9 Å². The van der Waals surface area contributed by atoms with Crippen LogP contribution in [0.2, 0.25) is 5.02 Å². The van der Waals surface area contributed by atoms with Gasteiger partial charge in [-0.05, 0) is 31.4 Å². The molecule has 1 aromatic rings. The van der Waals surface area contributed by atoms with Crippen LogP contribution in [-0.4, -0.2) is 36.1 Å². The van der Waals surface area contributed by atoms with Crippen molar-refractivity contribution < 1.29 is 23.9 Å². The smallest absolute Gasteiger partial charge is 0.321 e. The Kier molecular flexibility index (Phi) is 8.26. The van der Waals surface area contributed by atoms with Crippen LogP contribution in [0.1, 0.15) is 50.6 Å². The third kappa shape index (κ3) is 7.26. The number of rotatable bonds is 7. The third-order valence-electron chi connectivity index (χ3n) is 4.57. The predicted octanol–water partition coefficient (Wildman–Crippen LogP) is 2.14. The fourth-order valence-electron chi connectivity index (χ4n) is 3.14. The average Bonchev–Trinajstić information content (AvgIpc) is 3.13. The van der Waals surface area contributed by atoms with Gasteiger partial charge in [-0.2, -0.15) is 0 Å². The van der Waals surface area contributed by atoms with E-state index in [0.717, 1.165) is 25.7 Å². The van der Waals surface area contributed by atoms with Gasteiger partial charge in [0.25, 0.3) is 5.91 Å². The second kappa shape index (κ2) is 10.7. The van der Waals surface area contributed by atoms with E-state index in [1.54, 1.807) is 24.3 Å². The van der Waals surface area contributed by atoms with Gasteiger partial charge in [-0.25, -0.2) is 9.59 Å². The highest BCUT2D eigenvalue weighted by Gasteiger charge is 2.25. The Morgan fingerprint density at radius 3 is 2.48 bits per heavy atom. The highest BCUT2D eigenvalue weighted by atomic mass is 35.5. The Morgan fingerprint density at radius 1 is 1.21 bits per heavy atom. The zero-order chi connectivity index (χ0) is 21.4. The molecule has 5 N–H and O–H groups in total. The molecule has 0 unspecified atom stereocenters. The van der Waals surface area contributed by atoms with Gasteiger partial charge in [0.15, 0.2) is 6.10 Å². The highest BCUT2D eigenvalue weighted by molar-refractivity contribution is 6.31. The van der Waals surface area contributed by atoms with Gasteiger partial charge in [0.2, 0.25) is 0 Å². The lowest BCUT2D eigenvalue weighted by Gasteiger charge is -2.20. The van der Waals surface area contributed by atoms with Crippen molar-refractivity contribution in [3.63, 3.8) is 0 Å².